The molecule has 0 amide bonds. The van der Waals surface area contributed by atoms with Gasteiger partial charge >= 0.3 is 0 Å². The summed E-state index contributed by atoms with van der Waals surface area (Å²) >= 11 is 0. The summed E-state index contributed by atoms with van der Waals surface area (Å²) in [5, 5.41) is 7.89. The van der Waals surface area contributed by atoms with E-state index in [9.17, 15) is 0 Å². The molecule has 0 atom stereocenters. The molecule has 2 aromatic heterocycles. The summed E-state index contributed by atoms with van der Waals surface area (Å²) in [6, 6.07) is 49.1. The van der Waals surface area contributed by atoms with Crippen LogP contribution in [0, 0.1) is 0 Å². The van der Waals surface area contributed by atoms with Crippen molar-refractivity contribution in [3.8, 4) is 11.3 Å². The minimum atomic E-state index is -0.332. The standard InChI is InChI=1S/C43H29N3O/c1-43(2)33-21-11-12-22-34(33)46(40-37(43)30-19-9-8-18-29(30)36-31-20-10-13-23-35(31)47-41(36)40)42-44-38(27-15-4-3-5-16-27)32-25-24-26-14-6-7-17-28(26)39(32)45-42/h3-25H,1-2H3. The maximum absolute atomic E-state index is 6.89. The Bertz CT molecular complexity index is 2720. The Morgan fingerprint density at radius 2 is 1.26 bits per heavy atom. The van der Waals surface area contributed by atoms with Gasteiger partial charge in [-0.3, -0.25) is 4.90 Å². The molecule has 4 nitrogen and oxygen atoms in total. The summed E-state index contributed by atoms with van der Waals surface area (Å²) in [5.41, 5.74) is 8.75. The predicted molar refractivity (Wildman–Crippen MR) is 194 cm³/mol. The molecular formula is C43H29N3O. The van der Waals surface area contributed by atoms with Crippen LogP contribution in [-0.4, -0.2) is 9.97 Å². The van der Waals surface area contributed by atoms with Crippen LogP contribution in [-0.2, 0) is 5.41 Å². The first-order valence-electron chi connectivity index (χ1n) is 16.1. The quantitative estimate of drug-likeness (QED) is 0.184. The van der Waals surface area contributed by atoms with Gasteiger partial charge < -0.3 is 4.42 Å². The Morgan fingerprint density at radius 1 is 0.574 bits per heavy atom. The van der Waals surface area contributed by atoms with Crippen LogP contribution in [0.15, 0.2) is 144 Å². The Kier molecular flexibility index (Phi) is 5.31. The molecular weight excluding hydrogens is 574 g/mol. The van der Waals surface area contributed by atoms with Gasteiger partial charge in [0.25, 0.3) is 0 Å². The number of nitrogens with zero attached hydrogens (tertiary/aromatic N) is 3. The first-order chi connectivity index (χ1) is 23.1. The van der Waals surface area contributed by atoms with Crippen LogP contribution in [0.4, 0.5) is 17.3 Å². The van der Waals surface area contributed by atoms with Crippen LogP contribution in [0.5, 0.6) is 0 Å². The van der Waals surface area contributed by atoms with E-state index in [1.54, 1.807) is 0 Å². The normalized spacial score (nSPS) is 13.9. The molecule has 0 bridgehead atoms. The summed E-state index contributed by atoms with van der Waals surface area (Å²) < 4.78 is 6.89. The number of furan rings is 1. The number of para-hydroxylation sites is 2. The van der Waals surface area contributed by atoms with E-state index in [0.29, 0.717) is 5.95 Å². The molecule has 0 spiro atoms. The molecule has 7 aromatic carbocycles. The van der Waals surface area contributed by atoms with Crippen LogP contribution in [0.3, 0.4) is 0 Å². The topological polar surface area (TPSA) is 42.2 Å². The van der Waals surface area contributed by atoms with Crippen molar-refractivity contribution >= 4 is 71.7 Å². The lowest BCUT2D eigenvalue weighted by molar-refractivity contribution is 0.628. The maximum atomic E-state index is 6.89. The zero-order valence-electron chi connectivity index (χ0n) is 26.0. The van der Waals surface area contributed by atoms with Gasteiger partial charge in [-0.25, -0.2) is 9.97 Å². The fraction of sp³-hybridized carbons (Fsp3) is 0.0698. The van der Waals surface area contributed by atoms with E-state index in [-0.39, 0.29) is 5.41 Å². The lowest BCUT2D eigenvalue weighted by atomic mass is 9.71. The lowest BCUT2D eigenvalue weighted by Gasteiger charge is -2.41. The third-order valence-electron chi connectivity index (χ3n) is 10.0. The van der Waals surface area contributed by atoms with Crippen molar-refractivity contribution in [3.63, 3.8) is 0 Å². The van der Waals surface area contributed by atoms with Gasteiger partial charge in [0.05, 0.1) is 22.6 Å². The molecule has 47 heavy (non-hydrogen) atoms. The van der Waals surface area contributed by atoms with Crippen molar-refractivity contribution in [2.45, 2.75) is 19.3 Å². The Balaban J connectivity index is 1.42. The summed E-state index contributed by atoms with van der Waals surface area (Å²) in [6.45, 7) is 4.65. The summed E-state index contributed by atoms with van der Waals surface area (Å²) in [4.78, 5) is 13.2. The van der Waals surface area contributed by atoms with Crippen molar-refractivity contribution in [2.75, 3.05) is 4.90 Å². The van der Waals surface area contributed by atoms with E-state index >= 15 is 0 Å². The maximum Gasteiger partial charge on any atom is 0.235 e. The SMILES string of the molecule is CC1(C)c2ccccc2N(c2nc(-c3ccccc3)c3ccc4ccccc4c3n2)c2c1c1ccccc1c1c2oc2ccccc21. The van der Waals surface area contributed by atoms with Crippen molar-refractivity contribution in [1.82, 2.24) is 9.97 Å². The van der Waals surface area contributed by atoms with Crippen molar-refractivity contribution < 1.29 is 4.42 Å². The summed E-state index contributed by atoms with van der Waals surface area (Å²) in [5.74, 6) is 0.619. The van der Waals surface area contributed by atoms with E-state index in [1.807, 2.05) is 12.1 Å². The van der Waals surface area contributed by atoms with E-state index in [1.165, 1.54) is 21.9 Å². The number of hydrogen-bond donors (Lipinski definition) is 0. The summed E-state index contributed by atoms with van der Waals surface area (Å²) in [7, 11) is 0. The average molecular weight is 604 g/mol. The van der Waals surface area contributed by atoms with Gasteiger partial charge in [0, 0.05) is 32.5 Å². The molecule has 0 aliphatic carbocycles. The highest BCUT2D eigenvalue weighted by Crippen LogP contribution is 2.57. The third-order valence-corrected chi connectivity index (χ3v) is 10.0. The van der Waals surface area contributed by atoms with E-state index in [4.69, 9.17) is 14.4 Å². The fourth-order valence-electron chi connectivity index (χ4n) is 7.91. The van der Waals surface area contributed by atoms with Crippen molar-refractivity contribution in [1.29, 1.82) is 0 Å². The van der Waals surface area contributed by atoms with Gasteiger partial charge in [0.1, 0.15) is 5.58 Å². The molecule has 4 heteroatoms. The van der Waals surface area contributed by atoms with Crippen LogP contribution in [0.25, 0.3) is 65.6 Å². The zero-order valence-corrected chi connectivity index (χ0v) is 26.0. The second-order valence-corrected chi connectivity index (χ2v) is 13.0. The smallest absolute Gasteiger partial charge is 0.235 e. The fourth-order valence-corrected chi connectivity index (χ4v) is 7.91. The molecule has 1 aliphatic rings. The van der Waals surface area contributed by atoms with Gasteiger partial charge in [-0.1, -0.05) is 135 Å². The molecule has 222 valence electrons. The zero-order chi connectivity index (χ0) is 31.3. The first kappa shape index (κ1) is 26.2. The molecule has 0 unspecified atom stereocenters. The van der Waals surface area contributed by atoms with Crippen LogP contribution < -0.4 is 4.90 Å². The second kappa shape index (κ2) is 9.51. The van der Waals surface area contributed by atoms with Crippen LogP contribution >= 0.6 is 0 Å². The second-order valence-electron chi connectivity index (χ2n) is 13.0. The molecule has 0 N–H and O–H groups in total. The molecule has 0 radical (unpaired) electrons. The molecule has 10 rings (SSSR count). The van der Waals surface area contributed by atoms with Crippen LogP contribution in [0.2, 0.25) is 0 Å². The van der Waals surface area contributed by atoms with Gasteiger partial charge in [-0.05, 0) is 45.5 Å². The number of aromatic nitrogens is 2. The lowest BCUT2D eigenvalue weighted by Crippen LogP contribution is -2.32. The molecule has 3 heterocycles. The van der Waals surface area contributed by atoms with Gasteiger partial charge in [0.15, 0.2) is 5.58 Å². The number of fused-ring (bicyclic) bond motifs is 12. The summed E-state index contributed by atoms with van der Waals surface area (Å²) in [6.07, 6.45) is 0. The van der Waals surface area contributed by atoms with Gasteiger partial charge in [-0.2, -0.15) is 0 Å². The van der Waals surface area contributed by atoms with E-state index in [2.05, 4.69) is 146 Å². The minimum Gasteiger partial charge on any atom is -0.454 e. The number of benzene rings is 7. The molecule has 0 fully saturated rings. The average Bonchev–Trinajstić information content (AvgIpc) is 3.52. The molecule has 1 aliphatic heterocycles. The van der Waals surface area contributed by atoms with Crippen LogP contribution in [0.1, 0.15) is 25.0 Å². The first-order valence-corrected chi connectivity index (χ1v) is 16.1. The Labute approximate surface area is 271 Å². The molecule has 9 aromatic rings. The van der Waals surface area contributed by atoms with Gasteiger partial charge in [-0.15, -0.1) is 0 Å². The number of rotatable bonds is 2. The molecule has 0 saturated carbocycles. The van der Waals surface area contributed by atoms with E-state index in [0.717, 1.165) is 66.2 Å². The van der Waals surface area contributed by atoms with Gasteiger partial charge in [0.2, 0.25) is 5.95 Å². The highest BCUT2D eigenvalue weighted by Gasteiger charge is 2.42. The highest BCUT2D eigenvalue weighted by atomic mass is 16.3. The van der Waals surface area contributed by atoms with E-state index < -0.39 is 0 Å². The Hall–Kier alpha value is -6.00. The predicted octanol–water partition coefficient (Wildman–Crippen LogP) is 11.6. The highest BCUT2D eigenvalue weighted by molar-refractivity contribution is 6.25. The van der Waals surface area contributed by atoms with Crippen molar-refractivity contribution in [3.05, 3.63) is 151 Å². The van der Waals surface area contributed by atoms with Crippen molar-refractivity contribution in [2.24, 2.45) is 0 Å². The third kappa shape index (κ3) is 3.58. The number of hydrogen-bond acceptors (Lipinski definition) is 4. The molecule has 0 saturated heterocycles. The largest absolute Gasteiger partial charge is 0.454 e. The minimum absolute atomic E-state index is 0.332. The number of anilines is 3. The monoisotopic (exact) mass is 603 g/mol. The Morgan fingerprint density at radius 3 is 2.11 bits per heavy atom.